The first-order valence-electron chi connectivity index (χ1n) is 6.32. The number of ether oxygens (including phenoxy) is 1. The third kappa shape index (κ3) is 1.97. The van der Waals surface area contributed by atoms with Gasteiger partial charge in [-0.1, -0.05) is 6.07 Å². The third-order valence-electron chi connectivity index (χ3n) is 4.05. The number of pyridine rings is 1. The van der Waals surface area contributed by atoms with Crippen LogP contribution in [0.4, 0.5) is 0 Å². The van der Waals surface area contributed by atoms with Gasteiger partial charge in [-0.05, 0) is 37.8 Å². The SMILES string of the molecule is Cc1ccc(C(NN)C2CC3CCC2O3)cn1. The van der Waals surface area contributed by atoms with Crippen LogP contribution >= 0.6 is 0 Å². The van der Waals surface area contributed by atoms with Gasteiger partial charge in [0.15, 0.2) is 0 Å². The number of nitrogens with zero attached hydrogens (tertiary/aromatic N) is 1. The van der Waals surface area contributed by atoms with Gasteiger partial charge in [-0.3, -0.25) is 16.3 Å². The molecule has 3 N–H and O–H groups in total. The molecule has 1 aromatic heterocycles. The van der Waals surface area contributed by atoms with E-state index in [0.29, 0.717) is 18.1 Å². The Kier molecular flexibility index (Phi) is 2.86. The molecule has 3 rings (SSSR count). The molecule has 0 aromatic carbocycles. The Hall–Kier alpha value is -0.970. The zero-order valence-electron chi connectivity index (χ0n) is 10.1. The molecular formula is C13H19N3O. The van der Waals surface area contributed by atoms with E-state index < -0.39 is 0 Å². The zero-order chi connectivity index (χ0) is 11.8. The first-order chi connectivity index (χ1) is 8.28. The van der Waals surface area contributed by atoms with Gasteiger partial charge in [0.2, 0.25) is 0 Å². The van der Waals surface area contributed by atoms with Crippen LogP contribution in [0.1, 0.15) is 36.6 Å². The monoisotopic (exact) mass is 233 g/mol. The summed E-state index contributed by atoms with van der Waals surface area (Å²) in [5, 5.41) is 0. The lowest BCUT2D eigenvalue weighted by Gasteiger charge is -2.28. The standard InChI is InChI=1S/C13H19N3O/c1-8-2-3-9(7-15-8)13(16-14)11-6-10-4-5-12(11)17-10/h2-3,7,10-13,16H,4-6,14H2,1H3. The fraction of sp³-hybridized carbons (Fsp3) is 0.615. The molecule has 0 aliphatic carbocycles. The van der Waals surface area contributed by atoms with Gasteiger partial charge in [0.1, 0.15) is 0 Å². The van der Waals surface area contributed by atoms with Gasteiger partial charge >= 0.3 is 0 Å². The Morgan fingerprint density at radius 2 is 2.35 bits per heavy atom. The summed E-state index contributed by atoms with van der Waals surface area (Å²) in [6.45, 7) is 2.00. The fourth-order valence-corrected chi connectivity index (χ4v) is 3.16. The molecular weight excluding hydrogens is 214 g/mol. The van der Waals surface area contributed by atoms with E-state index in [2.05, 4.69) is 16.5 Å². The maximum absolute atomic E-state index is 5.90. The van der Waals surface area contributed by atoms with Crippen molar-refractivity contribution in [2.45, 2.75) is 44.4 Å². The van der Waals surface area contributed by atoms with Crippen LogP contribution in [0.15, 0.2) is 18.3 Å². The van der Waals surface area contributed by atoms with Crippen LogP contribution in [0.5, 0.6) is 0 Å². The Bertz CT molecular complexity index is 392. The van der Waals surface area contributed by atoms with Crippen LogP contribution in [-0.2, 0) is 4.74 Å². The van der Waals surface area contributed by atoms with E-state index in [1.165, 1.54) is 18.4 Å². The number of fused-ring (bicyclic) bond motifs is 2. The molecule has 4 heteroatoms. The van der Waals surface area contributed by atoms with Crippen molar-refractivity contribution in [1.82, 2.24) is 10.4 Å². The summed E-state index contributed by atoms with van der Waals surface area (Å²) >= 11 is 0. The van der Waals surface area contributed by atoms with Gasteiger partial charge in [-0.15, -0.1) is 0 Å². The van der Waals surface area contributed by atoms with Crippen LogP contribution in [0, 0.1) is 12.8 Å². The molecule has 2 bridgehead atoms. The molecule has 2 saturated heterocycles. The number of aromatic nitrogens is 1. The Morgan fingerprint density at radius 1 is 1.47 bits per heavy atom. The van der Waals surface area contributed by atoms with Gasteiger partial charge in [0, 0.05) is 17.8 Å². The molecule has 4 nitrogen and oxygen atoms in total. The van der Waals surface area contributed by atoms with E-state index in [9.17, 15) is 0 Å². The second kappa shape index (κ2) is 4.37. The molecule has 4 atom stereocenters. The fourth-order valence-electron chi connectivity index (χ4n) is 3.16. The smallest absolute Gasteiger partial charge is 0.0627 e. The lowest BCUT2D eigenvalue weighted by molar-refractivity contribution is 0.0856. The van der Waals surface area contributed by atoms with E-state index in [4.69, 9.17) is 10.6 Å². The maximum atomic E-state index is 5.90. The molecule has 0 radical (unpaired) electrons. The first-order valence-corrected chi connectivity index (χ1v) is 6.32. The van der Waals surface area contributed by atoms with Crippen molar-refractivity contribution in [3.8, 4) is 0 Å². The van der Waals surface area contributed by atoms with Gasteiger partial charge in [-0.2, -0.15) is 0 Å². The van der Waals surface area contributed by atoms with Crippen molar-refractivity contribution in [1.29, 1.82) is 0 Å². The van der Waals surface area contributed by atoms with Crippen LogP contribution in [-0.4, -0.2) is 17.2 Å². The minimum Gasteiger partial charge on any atom is -0.375 e. The molecule has 0 spiro atoms. The number of hydrazine groups is 1. The molecule has 2 aliphatic heterocycles. The number of hydrogen-bond donors (Lipinski definition) is 2. The third-order valence-corrected chi connectivity index (χ3v) is 4.05. The van der Waals surface area contributed by atoms with Crippen LogP contribution in [0.2, 0.25) is 0 Å². The van der Waals surface area contributed by atoms with Crippen molar-refractivity contribution in [2.24, 2.45) is 11.8 Å². The summed E-state index contributed by atoms with van der Waals surface area (Å²) in [6, 6.07) is 4.31. The van der Waals surface area contributed by atoms with Gasteiger partial charge in [-0.25, -0.2) is 0 Å². The molecule has 0 amide bonds. The summed E-state index contributed by atoms with van der Waals surface area (Å²) in [7, 11) is 0. The molecule has 92 valence electrons. The van der Waals surface area contributed by atoms with Gasteiger partial charge < -0.3 is 4.74 Å². The van der Waals surface area contributed by atoms with Crippen molar-refractivity contribution in [3.05, 3.63) is 29.6 Å². The molecule has 1 aromatic rings. The van der Waals surface area contributed by atoms with Gasteiger partial charge in [0.25, 0.3) is 0 Å². The Balaban J connectivity index is 1.81. The van der Waals surface area contributed by atoms with E-state index in [0.717, 1.165) is 12.1 Å². The van der Waals surface area contributed by atoms with E-state index in [1.807, 2.05) is 19.2 Å². The average molecular weight is 233 g/mol. The number of rotatable bonds is 3. The number of nitrogens with two attached hydrogens (primary N) is 1. The minimum atomic E-state index is 0.165. The topological polar surface area (TPSA) is 60.2 Å². The predicted octanol–water partition coefficient (Wildman–Crippen LogP) is 1.46. The number of nitrogens with one attached hydrogen (secondary N) is 1. The lowest BCUT2D eigenvalue weighted by atomic mass is 9.81. The second-order valence-electron chi connectivity index (χ2n) is 5.15. The van der Waals surface area contributed by atoms with Crippen molar-refractivity contribution in [2.75, 3.05) is 0 Å². The van der Waals surface area contributed by atoms with E-state index in [1.54, 1.807) is 0 Å². The van der Waals surface area contributed by atoms with Crippen molar-refractivity contribution in [3.63, 3.8) is 0 Å². The van der Waals surface area contributed by atoms with Crippen LogP contribution in [0.3, 0.4) is 0 Å². The normalized spacial score (nSPS) is 32.9. The summed E-state index contributed by atoms with van der Waals surface area (Å²) in [5.41, 5.74) is 5.15. The van der Waals surface area contributed by atoms with Crippen molar-refractivity contribution >= 4 is 0 Å². The Labute approximate surface area is 102 Å². The highest BCUT2D eigenvalue weighted by Crippen LogP contribution is 2.44. The molecule has 0 saturated carbocycles. The lowest BCUT2D eigenvalue weighted by Crippen LogP contribution is -2.37. The van der Waals surface area contributed by atoms with E-state index >= 15 is 0 Å². The minimum absolute atomic E-state index is 0.165. The van der Waals surface area contributed by atoms with Gasteiger partial charge in [0.05, 0.1) is 18.2 Å². The highest BCUT2D eigenvalue weighted by Gasteiger charge is 2.44. The molecule has 2 aliphatic rings. The summed E-state index contributed by atoms with van der Waals surface area (Å²) in [6.07, 6.45) is 6.26. The average Bonchev–Trinajstić information content (AvgIpc) is 2.95. The molecule has 17 heavy (non-hydrogen) atoms. The van der Waals surface area contributed by atoms with E-state index in [-0.39, 0.29) is 6.04 Å². The summed E-state index contributed by atoms with van der Waals surface area (Å²) in [4.78, 5) is 4.35. The largest absolute Gasteiger partial charge is 0.375 e. The number of hydrogen-bond acceptors (Lipinski definition) is 4. The first kappa shape index (κ1) is 11.1. The second-order valence-corrected chi connectivity index (χ2v) is 5.15. The summed E-state index contributed by atoms with van der Waals surface area (Å²) in [5.74, 6) is 6.21. The quantitative estimate of drug-likeness (QED) is 0.613. The summed E-state index contributed by atoms with van der Waals surface area (Å²) < 4.78 is 5.90. The van der Waals surface area contributed by atoms with Crippen LogP contribution in [0.25, 0.3) is 0 Å². The molecule has 2 fully saturated rings. The zero-order valence-corrected chi connectivity index (χ0v) is 10.1. The molecule has 3 heterocycles. The highest BCUT2D eigenvalue weighted by atomic mass is 16.5. The highest BCUT2D eigenvalue weighted by molar-refractivity contribution is 5.19. The predicted molar refractivity (Wildman–Crippen MR) is 65.0 cm³/mol. The van der Waals surface area contributed by atoms with Crippen LogP contribution < -0.4 is 11.3 Å². The number of aryl methyl sites for hydroxylation is 1. The Morgan fingerprint density at radius 3 is 2.88 bits per heavy atom. The molecule has 4 unspecified atom stereocenters. The maximum Gasteiger partial charge on any atom is 0.0627 e. The van der Waals surface area contributed by atoms with Crippen molar-refractivity contribution < 1.29 is 4.74 Å².